The molecule has 0 radical (unpaired) electrons. The van der Waals surface area contributed by atoms with Crippen LogP contribution in [-0.2, 0) is 13.1 Å². The van der Waals surface area contributed by atoms with Crippen molar-refractivity contribution >= 4 is 0 Å². The van der Waals surface area contributed by atoms with Crippen LogP contribution in [0.5, 0.6) is 0 Å². The number of aliphatic hydroxyl groups is 1. The van der Waals surface area contributed by atoms with Gasteiger partial charge in [-0.3, -0.25) is 0 Å². The number of hydrogen-bond donors (Lipinski definition) is 2. The van der Waals surface area contributed by atoms with E-state index < -0.39 is 0 Å². The second-order valence-corrected chi connectivity index (χ2v) is 4.59. The van der Waals surface area contributed by atoms with E-state index in [4.69, 9.17) is 5.11 Å². The quantitative estimate of drug-likeness (QED) is 0.741. The van der Waals surface area contributed by atoms with E-state index in [9.17, 15) is 0 Å². The Morgan fingerprint density at radius 3 is 3.07 bits per heavy atom. The third kappa shape index (κ3) is 3.08. The Morgan fingerprint density at radius 1 is 1.60 bits per heavy atom. The van der Waals surface area contributed by atoms with Gasteiger partial charge in [0.2, 0.25) is 0 Å². The Hall–Kier alpha value is -0.800. The summed E-state index contributed by atoms with van der Waals surface area (Å²) in [6.07, 6.45) is 4.75. The molecule has 1 saturated carbocycles. The lowest BCUT2D eigenvalue weighted by Gasteiger charge is -2.13. The molecule has 0 amide bonds. The highest BCUT2D eigenvalue weighted by molar-refractivity contribution is 5.07. The lowest BCUT2D eigenvalue weighted by atomic mass is 10.2. The fraction of sp³-hybridized carbons (Fsp3) is 0.667. The van der Waals surface area contributed by atoms with Crippen LogP contribution in [0.2, 0.25) is 0 Å². The number of rotatable bonds is 6. The zero-order chi connectivity index (χ0) is 10.7. The van der Waals surface area contributed by atoms with Gasteiger partial charge in [-0.2, -0.15) is 0 Å². The lowest BCUT2D eigenvalue weighted by molar-refractivity contribution is 0.222. The van der Waals surface area contributed by atoms with Crippen molar-refractivity contribution in [3.05, 3.63) is 24.0 Å². The summed E-state index contributed by atoms with van der Waals surface area (Å²) < 4.78 is 2.23. The van der Waals surface area contributed by atoms with Gasteiger partial charge in [-0.15, -0.1) is 0 Å². The SMILES string of the molecule is CC(CO)Cn1cccc1CNC1CC1. The van der Waals surface area contributed by atoms with Crippen LogP contribution in [-0.4, -0.2) is 22.3 Å². The van der Waals surface area contributed by atoms with Crippen LogP contribution >= 0.6 is 0 Å². The average molecular weight is 208 g/mol. The number of hydrogen-bond acceptors (Lipinski definition) is 2. The van der Waals surface area contributed by atoms with Gasteiger partial charge in [-0.05, 0) is 30.9 Å². The van der Waals surface area contributed by atoms with Crippen LogP contribution in [0.1, 0.15) is 25.5 Å². The molecule has 84 valence electrons. The highest BCUT2D eigenvalue weighted by Crippen LogP contribution is 2.19. The van der Waals surface area contributed by atoms with Crippen molar-refractivity contribution in [3.63, 3.8) is 0 Å². The Bertz CT molecular complexity index is 304. The maximum Gasteiger partial charge on any atom is 0.0473 e. The molecule has 1 aromatic rings. The molecule has 1 aromatic heterocycles. The Balaban J connectivity index is 1.88. The van der Waals surface area contributed by atoms with Gasteiger partial charge in [0.1, 0.15) is 0 Å². The van der Waals surface area contributed by atoms with Crippen molar-refractivity contribution in [1.82, 2.24) is 9.88 Å². The molecule has 0 aliphatic heterocycles. The molecule has 1 unspecified atom stereocenters. The minimum Gasteiger partial charge on any atom is -0.396 e. The zero-order valence-corrected chi connectivity index (χ0v) is 9.32. The van der Waals surface area contributed by atoms with E-state index in [0.717, 1.165) is 19.1 Å². The maximum atomic E-state index is 9.02. The summed E-state index contributed by atoms with van der Waals surface area (Å²) >= 11 is 0. The summed E-state index contributed by atoms with van der Waals surface area (Å²) in [5, 5.41) is 12.5. The summed E-state index contributed by atoms with van der Waals surface area (Å²) in [7, 11) is 0. The van der Waals surface area contributed by atoms with E-state index in [-0.39, 0.29) is 6.61 Å². The predicted molar refractivity (Wildman–Crippen MR) is 60.5 cm³/mol. The second-order valence-electron chi connectivity index (χ2n) is 4.59. The molecule has 0 aromatic carbocycles. The summed E-state index contributed by atoms with van der Waals surface area (Å²) in [6.45, 7) is 4.19. The monoisotopic (exact) mass is 208 g/mol. The van der Waals surface area contributed by atoms with E-state index in [1.54, 1.807) is 0 Å². The van der Waals surface area contributed by atoms with Gasteiger partial charge in [0.25, 0.3) is 0 Å². The van der Waals surface area contributed by atoms with Crippen LogP contribution < -0.4 is 5.32 Å². The van der Waals surface area contributed by atoms with Gasteiger partial charge < -0.3 is 15.0 Å². The highest BCUT2D eigenvalue weighted by atomic mass is 16.3. The Kier molecular flexibility index (Phi) is 3.44. The minimum atomic E-state index is 0.258. The first kappa shape index (κ1) is 10.7. The fourth-order valence-corrected chi connectivity index (χ4v) is 1.72. The molecule has 0 spiro atoms. The van der Waals surface area contributed by atoms with E-state index in [1.165, 1.54) is 18.5 Å². The first-order valence-electron chi connectivity index (χ1n) is 5.78. The topological polar surface area (TPSA) is 37.2 Å². The molecule has 1 fully saturated rings. The van der Waals surface area contributed by atoms with Crippen LogP contribution in [0.4, 0.5) is 0 Å². The highest BCUT2D eigenvalue weighted by Gasteiger charge is 2.20. The first-order chi connectivity index (χ1) is 7.29. The number of nitrogens with zero attached hydrogens (tertiary/aromatic N) is 1. The van der Waals surface area contributed by atoms with Crippen molar-refractivity contribution < 1.29 is 5.11 Å². The van der Waals surface area contributed by atoms with Gasteiger partial charge >= 0.3 is 0 Å². The molecule has 2 rings (SSSR count). The van der Waals surface area contributed by atoms with Gasteiger partial charge in [-0.1, -0.05) is 6.92 Å². The fourth-order valence-electron chi connectivity index (χ4n) is 1.72. The summed E-state index contributed by atoms with van der Waals surface area (Å²) in [5.74, 6) is 0.331. The molecular formula is C12H20N2O. The van der Waals surface area contributed by atoms with Crippen molar-refractivity contribution in [2.24, 2.45) is 5.92 Å². The minimum absolute atomic E-state index is 0.258. The van der Waals surface area contributed by atoms with Crippen LogP contribution in [0.3, 0.4) is 0 Å². The second kappa shape index (κ2) is 4.81. The lowest BCUT2D eigenvalue weighted by Crippen LogP contribution is -2.20. The molecule has 0 saturated heterocycles. The van der Waals surface area contributed by atoms with Crippen LogP contribution in [0.15, 0.2) is 18.3 Å². The molecule has 15 heavy (non-hydrogen) atoms. The van der Waals surface area contributed by atoms with Gasteiger partial charge in [-0.25, -0.2) is 0 Å². The van der Waals surface area contributed by atoms with E-state index in [1.807, 2.05) is 0 Å². The van der Waals surface area contributed by atoms with Crippen LogP contribution in [0.25, 0.3) is 0 Å². The zero-order valence-electron chi connectivity index (χ0n) is 9.32. The average Bonchev–Trinajstić information content (AvgIpc) is 2.97. The Labute approximate surface area is 91.1 Å². The smallest absolute Gasteiger partial charge is 0.0473 e. The number of aliphatic hydroxyl groups excluding tert-OH is 1. The van der Waals surface area contributed by atoms with Crippen LogP contribution in [0, 0.1) is 5.92 Å². The predicted octanol–water partition coefficient (Wildman–Crippen LogP) is 1.37. The molecule has 1 aliphatic carbocycles. The third-order valence-corrected chi connectivity index (χ3v) is 2.89. The van der Waals surface area contributed by atoms with Gasteiger partial charge in [0.15, 0.2) is 0 Å². The van der Waals surface area contributed by atoms with Crippen molar-refractivity contribution in [2.75, 3.05) is 6.61 Å². The molecule has 1 aliphatic rings. The number of nitrogens with one attached hydrogen (secondary N) is 1. The molecule has 1 heterocycles. The van der Waals surface area contributed by atoms with E-state index in [0.29, 0.717) is 5.92 Å². The van der Waals surface area contributed by atoms with Crippen molar-refractivity contribution in [3.8, 4) is 0 Å². The largest absolute Gasteiger partial charge is 0.396 e. The van der Waals surface area contributed by atoms with Crippen molar-refractivity contribution in [2.45, 2.75) is 38.9 Å². The molecule has 3 nitrogen and oxygen atoms in total. The molecule has 0 bridgehead atoms. The maximum absolute atomic E-state index is 9.02. The summed E-state index contributed by atoms with van der Waals surface area (Å²) in [4.78, 5) is 0. The van der Waals surface area contributed by atoms with E-state index in [2.05, 4.69) is 35.1 Å². The van der Waals surface area contributed by atoms with Gasteiger partial charge in [0.05, 0.1) is 0 Å². The third-order valence-electron chi connectivity index (χ3n) is 2.89. The van der Waals surface area contributed by atoms with Gasteiger partial charge in [0, 0.05) is 37.6 Å². The van der Waals surface area contributed by atoms with E-state index >= 15 is 0 Å². The Morgan fingerprint density at radius 2 is 2.40 bits per heavy atom. The molecule has 3 heteroatoms. The summed E-state index contributed by atoms with van der Waals surface area (Å²) in [5.41, 5.74) is 1.32. The molecular weight excluding hydrogens is 188 g/mol. The molecule has 2 N–H and O–H groups in total. The molecule has 1 atom stereocenters. The standard InChI is InChI=1S/C12H20N2O/c1-10(9-15)8-14-6-2-3-12(14)7-13-11-4-5-11/h2-3,6,10-11,13,15H,4-5,7-9H2,1H3. The number of aromatic nitrogens is 1. The normalized spacial score (nSPS) is 18.0. The first-order valence-corrected chi connectivity index (χ1v) is 5.78. The van der Waals surface area contributed by atoms with Crippen molar-refractivity contribution in [1.29, 1.82) is 0 Å². The summed E-state index contributed by atoms with van der Waals surface area (Å²) in [6, 6.07) is 4.98.